The van der Waals surface area contributed by atoms with Crippen LogP contribution in [0.4, 0.5) is 10.5 Å². The van der Waals surface area contributed by atoms with Crippen molar-refractivity contribution in [2.24, 2.45) is 5.73 Å². The smallest absolute Gasteiger partial charge is 0.322 e. The van der Waals surface area contributed by atoms with E-state index in [2.05, 4.69) is 10.3 Å². The maximum atomic E-state index is 12.7. The molecule has 3 N–H and O–H groups in total. The summed E-state index contributed by atoms with van der Waals surface area (Å²) in [4.78, 5) is 43.7. The van der Waals surface area contributed by atoms with Crippen molar-refractivity contribution in [2.45, 2.75) is 25.3 Å². The van der Waals surface area contributed by atoms with Gasteiger partial charge in [0, 0.05) is 32.3 Å². The number of anilines is 1. The lowest BCUT2D eigenvalue weighted by Gasteiger charge is -2.24. The van der Waals surface area contributed by atoms with Gasteiger partial charge in [-0.05, 0) is 25.0 Å². The second-order valence-electron chi connectivity index (χ2n) is 6.54. The molecule has 0 aromatic carbocycles. The molecule has 0 spiro atoms. The summed E-state index contributed by atoms with van der Waals surface area (Å²) in [6.07, 6.45) is 3.73. The normalized spacial score (nSPS) is 20.2. The molecule has 2 fully saturated rings. The van der Waals surface area contributed by atoms with Crippen LogP contribution in [-0.2, 0) is 4.79 Å². The Morgan fingerprint density at radius 2 is 2.19 bits per heavy atom. The van der Waals surface area contributed by atoms with Gasteiger partial charge in [-0.3, -0.25) is 9.59 Å². The van der Waals surface area contributed by atoms with E-state index in [0.717, 1.165) is 19.4 Å². The molecule has 2 aromatic heterocycles. The summed E-state index contributed by atoms with van der Waals surface area (Å²) in [5, 5.41) is 3.24. The largest absolute Gasteiger partial charge is 0.430 e. The second-order valence-corrected chi connectivity index (χ2v) is 6.54. The lowest BCUT2D eigenvalue weighted by atomic mass is 10.2. The van der Waals surface area contributed by atoms with Crippen LogP contribution in [0, 0.1) is 0 Å². The summed E-state index contributed by atoms with van der Waals surface area (Å²) in [5.41, 5.74) is 5.82. The monoisotopic (exact) mass is 357 g/mol. The molecule has 1 atom stereocenters. The van der Waals surface area contributed by atoms with E-state index in [9.17, 15) is 14.4 Å². The number of nitrogens with two attached hydrogens (primary N) is 1. The van der Waals surface area contributed by atoms with Crippen LogP contribution >= 0.6 is 0 Å². The van der Waals surface area contributed by atoms with Gasteiger partial charge in [-0.1, -0.05) is 0 Å². The van der Waals surface area contributed by atoms with Crippen molar-refractivity contribution in [2.75, 3.05) is 25.0 Å². The first-order chi connectivity index (χ1) is 12.5. The summed E-state index contributed by atoms with van der Waals surface area (Å²) < 4.78 is 5.37. The van der Waals surface area contributed by atoms with Gasteiger partial charge < -0.3 is 25.3 Å². The van der Waals surface area contributed by atoms with Crippen LogP contribution in [0.3, 0.4) is 0 Å². The van der Waals surface area contributed by atoms with Crippen molar-refractivity contribution in [3.63, 3.8) is 0 Å². The molecular formula is C17H19N5O4. The number of urea groups is 1. The van der Waals surface area contributed by atoms with E-state index in [1.807, 2.05) is 4.90 Å². The number of primary amides is 1. The number of pyridine rings is 1. The van der Waals surface area contributed by atoms with Crippen LogP contribution in [-0.4, -0.2) is 58.3 Å². The molecule has 0 saturated carbocycles. The van der Waals surface area contributed by atoms with Gasteiger partial charge in [0.1, 0.15) is 5.69 Å². The molecule has 2 aliphatic rings. The Balaban J connectivity index is 1.52. The topological polar surface area (TPSA) is 122 Å². The van der Waals surface area contributed by atoms with E-state index < -0.39 is 5.91 Å². The lowest BCUT2D eigenvalue weighted by molar-refractivity contribution is -0.129. The first-order valence-electron chi connectivity index (χ1n) is 8.57. The van der Waals surface area contributed by atoms with E-state index in [-0.39, 0.29) is 35.1 Å². The molecule has 0 unspecified atom stereocenters. The van der Waals surface area contributed by atoms with Gasteiger partial charge in [-0.2, -0.15) is 0 Å². The number of nitrogens with one attached hydrogen (secondary N) is 1. The predicted octanol–water partition coefficient (Wildman–Crippen LogP) is 1.16. The number of carbonyl (C=O) groups is 3. The van der Waals surface area contributed by atoms with Gasteiger partial charge in [-0.25, -0.2) is 9.78 Å². The minimum atomic E-state index is -0.778. The number of furan rings is 1. The van der Waals surface area contributed by atoms with Crippen LogP contribution in [0.1, 0.15) is 29.8 Å². The van der Waals surface area contributed by atoms with Crippen molar-refractivity contribution >= 4 is 34.6 Å². The Morgan fingerprint density at radius 3 is 2.92 bits per heavy atom. The van der Waals surface area contributed by atoms with Crippen LogP contribution in [0.25, 0.3) is 11.1 Å². The predicted molar refractivity (Wildman–Crippen MR) is 92.5 cm³/mol. The van der Waals surface area contributed by atoms with Gasteiger partial charge in [0.15, 0.2) is 0 Å². The molecule has 0 bridgehead atoms. The van der Waals surface area contributed by atoms with E-state index in [1.165, 1.54) is 6.20 Å². The van der Waals surface area contributed by atoms with Crippen LogP contribution in [0.5, 0.6) is 0 Å². The van der Waals surface area contributed by atoms with Gasteiger partial charge in [0.2, 0.25) is 17.4 Å². The fraction of sp³-hybridized carbons (Fsp3) is 0.412. The molecule has 9 heteroatoms. The van der Waals surface area contributed by atoms with Gasteiger partial charge in [-0.15, -0.1) is 0 Å². The zero-order valence-electron chi connectivity index (χ0n) is 14.1. The summed E-state index contributed by atoms with van der Waals surface area (Å²) in [6, 6.07) is 3.08. The Hall–Kier alpha value is -3.10. The molecule has 0 aliphatic carbocycles. The lowest BCUT2D eigenvalue weighted by Crippen LogP contribution is -2.40. The standard InChI is InChI=1S/C17H19N5O4/c18-15(24)14-13(11-3-1-6-19-16(11)26-14)20-17(25)21-8-5-10(9-21)22-7-2-4-12(22)23/h1,3,6,10H,2,4-5,7-9H2,(H2,18,24)(H,20,25)/t10-/m0/s1. The maximum absolute atomic E-state index is 12.7. The Labute approximate surface area is 149 Å². The molecule has 9 nitrogen and oxygen atoms in total. The third-order valence-electron chi connectivity index (χ3n) is 4.92. The van der Waals surface area contributed by atoms with Crippen molar-refractivity contribution in [3.05, 3.63) is 24.1 Å². The molecule has 26 heavy (non-hydrogen) atoms. The highest BCUT2D eigenvalue weighted by Crippen LogP contribution is 2.30. The fourth-order valence-corrected chi connectivity index (χ4v) is 3.65. The zero-order valence-corrected chi connectivity index (χ0v) is 14.1. The average Bonchev–Trinajstić information content (AvgIpc) is 3.33. The maximum Gasteiger partial charge on any atom is 0.322 e. The van der Waals surface area contributed by atoms with Crippen molar-refractivity contribution in [1.29, 1.82) is 0 Å². The SMILES string of the molecule is NC(=O)c1oc2ncccc2c1NC(=O)N1CC[C@H](N2CCCC2=O)C1. The van der Waals surface area contributed by atoms with E-state index in [1.54, 1.807) is 17.0 Å². The van der Waals surface area contributed by atoms with Crippen molar-refractivity contribution in [3.8, 4) is 0 Å². The van der Waals surface area contributed by atoms with Gasteiger partial charge in [0.05, 0.1) is 11.4 Å². The number of nitrogens with zero attached hydrogens (tertiary/aromatic N) is 3. The summed E-state index contributed by atoms with van der Waals surface area (Å²) >= 11 is 0. The molecule has 136 valence electrons. The number of carbonyl (C=O) groups excluding carboxylic acids is 3. The molecule has 2 saturated heterocycles. The highest BCUT2D eigenvalue weighted by atomic mass is 16.4. The molecular weight excluding hydrogens is 338 g/mol. The molecule has 2 aliphatic heterocycles. The molecule has 4 amide bonds. The summed E-state index contributed by atoms with van der Waals surface area (Å²) in [6.45, 7) is 1.76. The third kappa shape index (κ3) is 2.75. The number of fused-ring (bicyclic) bond motifs is 1. The summed E-state index contributed by atoms with van der Waals surface area (Å²) in [5.74, 6) is -0.752. The summed E-state index contributed by atoms with van der Waals surface area (Å²) in [7, 11) is 0. The number of rotatable bonds is 3. The highest BCUT2D eigenvalue weighted by Gasteiger charge is 2.35. The minimum absolute atomic E-state index is 0.0501. The van der Waals surface area contributed by atoms with Gasteiger partial charge >= 0.3 is 6.03 Å². The Morgan fingerprint density at radius 1 is 1.35 bits per heavy atom. The quantitative estimate of drug-likeness (QED) is 0.853. The number of hydrogen-bond donors (Lipinski definition) is 2. The van der Waals surface area contributed by atoms with Crippen LogP contribution in [0.15, 0.2) is 22.7 Å². The number of aromatic nitrogens is 1. The number of amides is 4. The fourth-order valence-electron chi connectivity index (χ4n) is 3.65. The van der Waals surface area contributed by atoms with E-state index in [4.69, 9.17) is 10.2 Å². The minimum Gasteiger partial charge on any atom is -0.430 e. The van der Waals surface area contributed by atoms with E-state index in [0.29, 0.717) is 24.9 Å². The number of likely N-dealkylation sites (tertiary alicyclic amines) is 2. The second kappa shape index (κ2) is 6.32. The molecule has 4 heterocycles. The van der Waals surface area contributed by atoms with E-state index >= 15 is 0 Å². The molecule has 2 aromatic rings. The van der Waals surface area contributed by atoms with Gasteiger partial charge in [0.25, 0.3) is 5.91 Å². The van der Waals surface area contributed by atoms with Crippen molar-refractivity contribution < 1.29 is 18.8 Å². The third-order valence-corrected chi connectivity index (χ3v) is 4.92. The average molecular weight is 357 g/mol. The number of hydrogen-bond acceptors (Lipinski definition) is 5. The van der Waals surface area contributed by atoms with Crippen molar-refractivity contribution in [1.82, 2.24) is 14.8 Å². The Bertz CT molecular complexity index is 892. The Kier molecular flexibility index (Phi) is 3.98. The first kappa shape index (κ1) is 16.4. The van der Waals surface area contributed by atoms with Crippen LogP contribution < -0.4 is 11.1 Å². The molecule has 4 rings (SSSR count). The first-order valence-corrected chi connectivity index (χ1v) is 8.57. The molecule has 0 radical (unpaired) electrons. The van der Waals surface area contributed by atoms with Crippen LogP contribution in [0.2, 0.25) is 0 Å². The highest BCUT2D eigenvalue weighted by molar-refractivity contribution is 6.09. The zero-order chi connectivity index (χ0) is 18.3.